The number of nitrogens with zero attached hydrogens (tertiary/aromatic N) is 2. The summed E-state index contributed by atoms with van der Waals surface area (Å²) in [6.45, 7) is 5.86. The minimum absolute atomic E-state index is 0.512. The molecule has 0 saturated heterocycles. The summed E-state index contributed by atoms with van der Waals surface area (Å²) in [6, 6.07) is 6.37. The van der Waals surface area contributed by atoms with Crippen molar-refractivity contribution in [1.82, 2.24) is 4.98 Å². The van der Waals surface area contributed by atoms with Crippen LogP contribution in [0.15, 0.2) is 15.9 Å². The molecule has 0 fully saturated rings. The Labute approximate surface area is 117 Å². The van der Waals surface area contributed by atoms with Crippen LogP contribution in [-0.2, 0) is 5.41 Å². The van der Waals surface area contributed by atoms with Crippen molar-refractivity contribution in [1.29, 1.82) is 5.26 Å². The van der Waals surface area contributed by atoms with E-state index in [1.807, 2.05) is 19.9 Å². The van der Waals surface area contributed by atoms with E-state index in [9.17, 15) is 0 Å². The lowest BCUT2D eigenvalue weighted by molar-refractivity contribution is 0.680. The number of halogens is 1. The number of thiophene rings is 1. The molecule has 0 aromatic carbocycles. The third kappa shape index (κ3) is 2.44. The highest BCUT2D eigenvalue weighted by Crippen LogP contribution is 2.37. The molecule has 2 aromatic heterocycles. The predicted octanol–water partition coefficient (Wildman–Crippen LogP) is 4.74. The molecule has 2 heterocycles. The molecule has 2 aromatic rings. The Hall–Kier alpha value is -0.700. The van der Waals surface area contributed by atoms with E-state index in [0.29, 0.717) is 0 Å². The first-order valence-corrected chi connectivity index (χ1v) is 7.51. The number of aromatic nitrogens is 1. The summed E-state index contributed by atoms with van der Waals surface area (Å²) < 4.78 is 1.10. The van der Waals surface area contributed by atoms with Crippen LogP contribution in [0.3, 0.4) is 0 Å². The highest BCUT2D eigenvalue weighted by molar-refractivity contribution is 9.11. The van der Waals surface area contributed by atoms with E-state index in [1.54, 1.807) is 22.7 Å². The lowest BCUT2D eigenvalue weighted by atomic mass is 9.97. The minimum Gasteiger partial charge on any atom is -0.238 e. The molecule has 0 aliphatic carbocycles. The molecule has 2 rings (SSSR count). The van der Waals surface area contributed by atoms with Gasteiger partial charge in [0.05, 0.1) is 20.4 Å². The Bertz CT molecular complexity index is 590. The van der Waals surface area contributed by atoms with Crippen LogP contribution >= 0.6 is 38.6 Å². The second-order valence-electron chi connectivity index (χ2n) is 4.26. The van der Waals surface area contributed by atoms with Crippen molar-refractivity contribution in [2.24, 2.45) is 0 Å². The standard InChI is InChI=1S/C12H11BrN2S2/c1-7-10(8-4-5-9(13)17-8)15-11(16-7)12(2,3)6-14/h4-5H,1-3H3. The Kier molecular flexibility index (Phi) is 3.39. The summed E-state index contributed by atoms with van der Waals surface area (Å²) in [5.41, 5.74) is 0.492. The van der Waals surface area contributed by atoms with Crippen LogP contribution in [-0.4, -0.2) is 4.98 Å². The molecule has 17 heavy (non-hydrogen) atoms. The Morgan fingerprint density at radius 3 is 2.59 bits per heavy atom. The van der Waals surface area contributed by atoms with Gasteiger partial charge in [0.2, 0.25) is 0 Å². The second-order valence-corrected chi connectivity index (χ2v) is 7.93. The van der Waals surface area contributed by atoms with Gasteiger partial charge in [0, 0.05) is 4.88 Å². The van der Waals surface area contributed by atoms with Crippen molar-refractivity contribution in [2.45, 2.75) is 26.2 Å². The fraction of sp³-hybridized carbons (Fsp3) is 0.333. The zero-order chi connectivity index (χ0) is 12.6. The summed E-state index contributed by atoms with van der Waals surface area (Å²) in [5, 5.41) is 10.0. The first-order valence-electron chi connectivity index (χ1n) is 5.09. The molecule has 0 unspecified atom stereocenters. The summed E-state index contributed by atoms with van der Waals surface area (Å²) in [7, 11) is 0. The van der Waals surface area contributed by atoms with Crippen molar-refractivity contribution in [3.8, 4) is 16.6 Å². The first kappa shape index (κ1) is 12.7. The maximum atomic E-state index is 9.13. The molecule has 0 N–H and O–H groups in total. The number of hydrogen-bond acceptors (Lipinski definition) is 4. The maximum Gasteiger partial charge on any atom is 0.113 e. The lowest BCUT2D eigenvalue weighted by Gasteiger charge is -2.09. The quantitative estimate of drug-likeness (QED) is 0.798. The van der Waals surface area contributed by atoms with Gasteiger partial charge in [0.15, 0.2) is 0 Å². The molecule has 0 amide bonds. The predicted molar refractivity (Wildman–Crippen MR) is 76.5 cm³/mol. The summed E-state index contributed by atoms with van der Waals surface area (Å²) in [5.74, 6) is 0. The largest absolute Gasteiger partial charge is 0.238 e. The molecule has 0 aliphatic rings. The average molecular weight is 327 g/mol. The number of nitriles is 1. The lowest BCUT2D eigenvalue weighted by Crippen LogP contribution is -2.13. The fourth-order valence-corrected chi connectivity index (χ4v) is 3.86. The Balaban J connectivity index is 2.49. The number of thiazole rings is 1. The first-order chi connectivity index (χ1) is 7.94. The normalized spacial score (nSPS) is 11.5. The molecule has 0 bridgehead atoms. The summed E-state index contributed by atoms with van der Waals surface area (Å²) in [4.78, 5) is 6.93. The van der Waals surface area contributed by atoms with Gasteiger partial charge in [-0.25, -0.2) is 4.98 Å². The number of aryl methyl sites for hydroxylation is 1. The molecule has 88 valence electrons. The summed E-state index contributed by atoms with van der Waals surface area (Å²) >= 11 is 6.73. The van der Waals surface area contributed by atoms with Crippen LogP contribution < -0.4 is 0 Å². The van der Waals surface area contributed by atoms with Crippen LogP contribution in [0.4, 0.5) is 0 Å². The fourth-order valence-electron chi connectivity index (χ4n) is 1.38. The Morgan fingerprint density at radius 1 is 1.35 bits per heavy atom. The van der Waals surface area contributed by atoms with E-state index in [2.05, 4.69) is 40.0 Å². The molecule has 0 radical (unpaired) electrons. The van der Waals surface area contributed by atoms with Crippen LogP contribution in [0.2, 0.25) is 0 Å². The van der Waals surface area contributed by atoms with Crippen molar-refractivity contribution in [2.75, 3.05) is 0 Å². The molecule has 2 nitrogen and oxygen atoms in total. The van der Waals surface area contributed by atoms with E-state index >= 15 is 0 Å². The van der Waals surface area contributed by atoms with Gasteiger partial charge in [-0.2, -0.15) is 5.26 Å². The third-order valence-corrected chi connectivity index (χ3v) is 5.34. The van der Waals surface area contributed by atoms with Gasteiger partial charge < -0.3 is 0 Å². The van der Waals surface area contributed by atoms with Crippen molar-refractivity contribution in [3.63, 3.8) is 0 Å². The van der Waals surface area contributed by atoms with Gasteiger partial charge in [0.1, 0.15) is 10.4 Å². The molecule has 5 heteroatoms. The van der Waals surface area contributed by atoms with E-state index < -0.39 is 5.41 Å². The van der Waals surface area contributed by atoms with Crippen LogP contribution in [0.5, 0.6) is 0 Å². The third-order valence-electron chi connectivity index (χ3n) is 2.42. The van der Waals surface area contributed by atoms with E-state index in [0.717, 1.165) is 24.2 Å². The van der Waals surface area contributed by atoms with Crippen LogP contribution in [0, 0.1) is 18.3 Å². The number of rotatable bonds is 2. The van der Waals surface area contributed by atoms with Gasteiger partial charge in [-0.1, -0.05) is 0 Å². The summed E-state index contributed by atoms with van der Waals surface area (Å²) in [6.07, 6.45) is 0. The maximum absolute atomic E-state index is 9.13. The van der Waals surface area contributed by atoms with Crippen molar-refractivity contribution in [3.05, 3.63) is 25.8 Å². The van der Waals surface area contributed by atoms with Crippen molar-refractivity contribution < 1.29 is 0 Å². The molecular formula is C12H11BrN2S2. The molecular weight excluding hydrogens is 316 g/mol. The van der Waals surface area contributed by atoms with Gasteiger partial charge in [-0.05, 0) is 48.8 Å². The molecule has 0 saturated carbocycles. The minimum atomic E-state index is -0.512. The topological polar surface area (TPSA) is 36.7 Å². The SMILES string of the molecule is Cc1sc(C(C)(C)C#N)nc1-c1ccc(Br)s1. The van der Waals surface area contributed by atoms with E-state index in [1.165, 1.54) is 0 Å². The monoisotopic (exact) mass is 326 g/mol. The zero-order valence-electron chi connectivity index (χ0n) is 9.74. The molecule has 0 atom stereocenters. The molecule has 0 aliphatic heterocycles. The highest BCUT2D eigenvalue weighted by Gasteiger charge is 2.25. The van der Waals surface area contributed by atoms with Crippen molar-refractivity contribution >= 4 is 38.6 Å². The van der Waals surface area contributed by atoms with Gasteiger partial charge >= 0.3 is 0 Å². The number of hydrogen-bond donors (Lipinski definition) is 0. The van der Waals surface area contributed by atoms with Crippen LogP contribution in [0.1, 0.15) is 23.7 Å². The second kappa shape index (κ2) is 4.52. The van der Waals surface area contributed by atoms with E-state index in [-0.39, 0.29) is 0 Å². The smallest absolute Gasteiger partial charge is 0.113 e. The van der Waals surface area contributed by atoms with Gasteiger partial charge in [-0.3, -0.25) is 0 Å². The molecule has 0 spiro atoms. The Morgan fingerprint density at radius 2 is 2.06 bits per heavy atom. The van der Waals surface area contributed by atoms with Gasteiger partial charge in [-0.15, -0.1) is 22.7 Å². The van der Waals surface area contributed by atoms with E-state index in [4.69, 9.17) is 5.26 Å². The zero-order valence-corrected chi connectivity index (χ0v) is 13.0. The van der Waals surface area contributed by atoms with Crippen LogP contribution in [0.25, 0.3) is 10.6 Å². The highest BCUT2D eigenvalue weighted by atomic mass is 79.9. The average Bonchev–Trinajstić information content (AvgIpc) is 2.85. The van der Waals surface area contributed by atoms with Gasteiger partial charge in [0.25, 0.3) is 0 Å².